The molecule has 80 valence electrons. The Labute approximate surface area is 87.1 Å². The van der Waals surface area contributed by atoms with E-state index in [9.17, 15) is 9.18 Å². The van der Waals surface area contributed by atoms with Crippen molar-refractivity contribution in [1.29, 1.82) is 0 Å². The molecule has 1 amide bonds. The molecule has 1 aromatic rings. The van der Waals surface area contributed by atoms with Gasteiger partial charge >= 0.3 is 0 Å². The summed E-state index contributed by atoms with van der Waals surface area (Å²) in [5.41, 5.74) is 0. The summed E-state index contributed by atoms with van der Waals surface area (Å²) in [6.07, 6.45) is 1.16. The van der Waals surface area contributed by atoms with E-state index in [0.717, 1.165) is 6.20 Å². The van der Waals surface area contributed by atoms with Crippen LogP contribution in [0.3, 0.4) is 0 Å². The lowest BCUT2D eigenvalue weighted by Crippen LogP contribution is -2.53. The van der Waals surface area contributed by atoms with Gasteiger partial charge in [-0.15, -0.1) is 0 Å². The van der Waals surface area contributed by atoms with Gasteiger partial charge in [-0.05, 0) is 19.1 Å². The fourth-order valence-corrected chi connectivity index (χ4v) is 1.66. The maximum atomic E-state index is 12.6. The Kier molecular flexibility index (Phi) is 2.53. The molecular formula is C10H12FN3O. The third kappa shape index (κ3) is 2.23. The van der Waals surface area contributed by atoms with Gasteiger partial charge in [0.15, 0.2) is 0 Å². The topological polar surface area (TPSA) is 45.2 Å². The molecule has 1 N–H and O–H groups in total. The standard InChI is InChI=1S/C10H12FN3O/c1-7-5-14(6-10(15)13-7)9-3-2-8(11)4-12-9/h2-4,7H,5-6H2,1H3,(H,13,15). The monoisotopic (exact) mass is 209 g/mol. The molecule has 0 aliphatic carbocycles. The predicted molar refractivity (Wildman–Crippen MR) is 54.0 cm³/mol. The highest BCUT2D eigenvalue weighted by atomic mass is 19.1. The third-order valence-electron chi connectivity index (χ3n) is 2.27. The molecule has 1 fully saturated rings. The third-order valence-corrected chi connectivity index (χ3v) is 2.27. The first-order chi connectivity index (χ1) is 7.15. The summed E-state index contributed by atoms with van der Waals surface area (Å²) in [5.74, 6) is 0.242. The Morgan fingerprint density at radius 2 is 2.40 bits per heavy atom. The smallest absolute Gasteiger partial charge is 0.239 e. The Bertz CT molecular complexity index is 365. The van der Waals surface area contributed by atoms with Gasteiger partial charge in [-0.2, -0.15) is 0 Å². The van der Waals surface area contributed by atoms with E-state index in [-0.39, 0.29) is 24.3 Å². The number of carbonyl (C=O) groups is 1. The van der Waals surface area contributed by atoms with Gasteiger partial charge < -0.3 is 10.2 Å². The Hall–Kier alpha value is -1.65. The number of pyridine rings is 1. The van der Waals surface area contributed by atoms with Crippen LogP contribution in [0.25, 0.3) is 0 Å². The lowest BCUT2D eigenvalue weighted by atomic mass is 10.2. The number of halogens is 1. The Balaban J connectivity index is 2.16. The second-order valence-corrected chi connectivity index (χ2v) is 3.68. The van der Waals surface area contributed by atoms with Gasteiger partial charge in [0.05, 0.1) is 12.7 Å². The number of carbonyl (C=O) groups excluding carboxylic acids is 1. The molecule has 0 saturated carbocycles. The Morgan fingerprint density at radius 3 is 3.00 bits per heavy atom. The average molecular weight is 209 g/mol. The molecule has 4 nitrogen and oxygen atoms in total. The van der Waals surface area contributed by atoms with E-state index >= 15 is 0 Å². The van der Waals surface area contributed by atoms with Gasteiger partial charge in [0, 0.05) is 12.6 Å². The maximum Gasteiger partial charge on any atom is 0.239 e. The number of rotatable bonds is 1. The zero-order chi connectivity index (χ0) is 10.8. The van der Waals surface area contributed by atoms with Crippen LogP contribution in [0.4, 0.5) is 10.2 Å². The molecule has 0 spiro atoms. The highest BCUT2D eigenvalue weighted by Crippen LogP contribution is 2.13. The summed E-state index contributed by atoms with van der Waals surface area (Å²) in [7, 11) is 0. The second kappa shape index (κ2) is 3.84. The molecule has 1 saturated heterocycles. The van der Waals surface area contributed by atoms with Gasteiger partial charge in [0.2, 0.25) is 5.91 Å². The summed E-state index contributed by atoms with van der Waals surface area (Å²) in [6.45, 7) is 2.90. The van der Waals surface area contributed by atoms with E-state index in [2.05, 4.69) is 10.3 Å². The van der Waals surface area contributed by atoms with Crippen LogP contribution in [0.2, 0.25) is 0 Å². The summed E-state index contributed by atoms with van der Waals surface area (Å²) < 4.78 is 12.6. The SMILES string of the molecule is CC1CN(c2ccc(F)cn2)CC(=O)N1. The van der Waals surface area contributed by atoms with Crippen molar-refractivity contribution >= 4 is 11.7 Å². The number of nitrogens with zero attached hydrogens (tertiary/aromatic N) is 2. The van der Waals surface area contributed by atoms with Crippen molar-refractivity contribution in [2.75, 3.05) is 18.0 Å². The van der Waals surface area contributed by atoms with Crippen LogP contribution in [0.5, 0.6) is 0 Å². The highest BCUT2D eigenvalue weighted by Gasteiger charge is 2.22. The van der Waals surface area contributed by atoms with E-state index in [0.29, 0.717) is 12.4 Å². The molecule has 1 atom stereocenters. The largest absolute Gasteiger partial charge is 0.350 e. The summed E-state index contributed by atoms with van der Waals surface area (Å²) in [6, 6.07) is 3.03. The van der Waals surface area contributed by atoms with Crippen LogP contribution >= 0.6 is 0 Å². The summed E-state index contributed by atoms with van der Waals surface area (Å²) in [4.78, 5) is 17.0. The molecule has 5 heteroatoms. The van der Waals surface area contributed by atoms with Crippen LogP contribution in [0.1, 0.15) is 6.92 Å². The molecule has 1 aliphatic rings. The van der Waals surface area contributed by atoms with Crippen molar-refractivity contribution in [3.8, 4) is 0 Å². The van der Waals surface area contributed by atoms with Crippen LogP contribution in [0.15, 0.2) is 18.3 Å². The molecule has 1 aromatic heterocycles. The zero-order valence-electron chi connectivity index (χ0n) is 8.40. The molecule has 2 heterocycles. The van der Waals surface area contributed by atoms with Crippen LogP contribution in [-0.4, -0.2) is 30.0 Å². The normalized spacial score (nSPS) is 21.3. The number of aromatic nitrogens is 1. The minimum atomic E-state index is -0.367. The van der Waals surface area contributed by atoms with Crippen molar-refractivity contribution in [1.82, 2.24) is 10.3 Å². The van der Waals surface area contributed by atoms with Gasteiger partial charge in [0.1, 0.15) is 11.6 Å². The molecule has 2 rings (SSSR count). The number of nitrogens with one attached hydrogen (secondary N) is 1. The zero-order valence-corrected chi connectivity index (χ0v) is 8.40. The van der Waals surface area contributed by atoms with E-state index in [1.807, 2.05) is 11.8 Å². The fourth-order valence-electron chi connectivity index (χ4n) is 1.66. The van der Waals surface area contributed by atoms with Crippen molar-refractivity contribution in [3.63, 3.8) is 0 Å². The number of amides is 1. The second-order valence-electron chi connectivity index (χ2n) is 3.68. The first kappa shape index (κ1) is 9.89. The van der Waals surface area contributed by atoms with E-state index in [1.54, 1.807) is 6.07 Å². The van der Waals surface area contributed by atoms with Crippen molar-refractivity contribution in [2.24, 2.45) is 0 Å². The molecule has 0 aromatic carbocycles. The van der Waals surface area contributed by atoms with Gasteiger partial charge in [-0.1, -0.05) is 0 Å². The highest BCUT2D eigenvalue weighted by molar-refractivity contribution is 5.82. The molecular weight excluding hydrogens is 197 g/mol. The Morgan fingerprint density at radius 1 is 1.60 bits per heavy atom. The van der Waals surface area contributed by atoms with E-state index < -0.39 is 0 Å². The molecule has 1 unspecified atom stereocenters. The van der Waals surface area contributed by atoms with Gasteiger partial charge in [-0.3, -0.25) is 4.79 Å². The van der Waals surface area contributed by atoms with Crippen molar-refractivity contribution in [3.05, 3.63) is 24.1 Å². The lowest BCUT2D eigenvalue weighted by molar-refractivity contribution is -0.121. The van der Waals surface area contributed by atoms with E-state index in [4.69, 9.17) is 0 Å². The number of hydrogen-bond acceptors (Lipinski definition) is 3. The summed E-state index contributed by atoms with van der Waals surface area (Å²) in [5, 5.41) is 2.81. The number of hydrogen-bond donors (Lipinski definition) is 1. The predicted octanol–water partition coefficient (Wildman–Crippen LogP) is 0.545. The average Bonchev–Trinajstić information content (AvgIpc) is 2.17. The first-order valence-electron chi connectivity index (χ1n) is 4.81. The minimum Gasteiger partial charge on any atom is -0.350 e. The number of anilines is 1. The first-order valence-corrected chi connectivity index (χ1v) is 4.81. The molecule has 0 radical (unpaired) electrons. The summed E-state index contributed by atoms with van der Waals surface area (Å²) >= 11 is 0. The minimum absolute atomic E-state index is 0.0279. The fraction of sp³-hybridized carbons (Fsp3) is 0.400. The van der Waals surface area contributed by atoms with Gasteiger partial charge in [0.25, 0.3) is 0 Å². The quantitative estimate of drug-likeness (QED) is 0.734. The van der Waals surface area contributed by atoms with Gasteiger partial charge in [-0.25, -0.2) is 9.37 Å². The molecule has 0 bridgehead atoms. The maximum absolute atomic E-state index is 12.6. The van der Waals surface area contributed by atoms with Crippen LogP contribution in [-0.2, 0) is 4.79 Å². The lowest BCUT2D eigenvalue weighted by Gasteiger charge is -2.31. The van der Waals surface area contributed by atoms with E-state index in [1.165, 1.54) is 6.07 Å². The van der Waals surface area contributed by atoms with Crippen molar-refractivity contribution < 1.29 is 9.18 Å². The van der Waals surface area contributed by atoms with Crippen LogP contribution < -0.4 is 10.2 Å². The van der Waals surface area contributed by atoms with Crippen LogP contribution in [0, 0.1) is 5.82 Å². The molecule has 1 aliphatic heterocycles. The van der Waals surface area contributed by atoms with Crippen molar-refractivity contribution in [2.45, 2.75) is 13.0 Å². The number of piperazine rings is 1. The molecule has 15 heavy (non-hydrogen) atoms.